The quantitative estimate of drug-likeness (QED) is 0.769. The zero-order valence-electron chi connectivity index (χ0n) is 14.0. The number of fused-ring (bicyclic) bond motifs is 3. The molecule has 0 bridgehead atoms. The molecule has 126 valence electrons. The van der Waals surface area contributed by atoms with E-state index >= 15 is 0 Å². The lowest BCUT2D eigenvalue weighted by molar-refractivity contribution is 0.268. The Labute approximate surface area is 150 Å². The van der Waals surface area contributed by atoms with Crippen LogP contribution in [0, 0.1) is 13.8 Å². The van der Waals surface area contributed by atoms with E-state index < -0.39 is 0 Å². The molecule has 1 aliphatic heterocycles. The van der Waals surface area contributed by atoms with Gasteiger partial charge in [-0.05, 0) is 49.2 Å². The molecule has 6 heteroatoms. The molecule has 0 saturated heterocycles. The van der Waals surface area contributed by atoms with Crippen molar-refractivity contribution in [3.8, 4) is 5.69 Å². The highest BCUT2D eigenvalue weighted by molar-refractivity contribution is 6.31. The Morgan fingerprint density at radius 3 is 2.68 bits per heavy atom. The number of nitrogens with zero attached hydrogens (tertiary/aromatic N) is 4. The van der Waals surface area contributed by atoms with E-state index in [2.05, 4.69) is 42.2 Å². The van der Waals surface area contributed by atoms with Crippen LogP contribution in [-0.4, -0.2) is 25.6 Å². The average molecular weight is 353 g/mol. The molecule has 0 atom stereocenters. The van der Waals surface area contributed by atoms with Crippen molar-refractivity contribution in [2.24, 2.45) is 4.99 Å². The number of aliphatic hydroxyl groups is 1. The van der Waals surface area contributed by atoms with Crippen LogP contribution < -0.4 is 0 Å². The molecule has 0 spiro atoms. The largest absolute Gasteiger partial charge is 0.388 e. The van der Waals surface area contributed by atoms with E-state index in [-0.39, 0.29) is 6.61 Å². The van der Waals surface area contributed by atoms with E-state index in [1.807, 2.05) is 22.8 Å². The maximum atomic E-state index is 9.62. The Bertz CT molecular complexity index is 1010. The van der Waals surface area contributed by atoms with E-state index in [1.54, 1.807) is 0 Å². The second-order valence-electron chi connectivity index (χ2n) is 6.15. The van der Waals surface area contributed by atoms with Gasteiger partial charge in [-0.25, -0.2) is 0 Å². The molecule has 0 saturated carbocycles. The van der Waals surface area contributed by atoms with Crippen LogP contribution in [0.5, 0.6) is 0 Å². The lowest BCUT2D eigenvalue weighted by atomic mass is 9.97. The van der Waals surface area contributed by atoms with Gasteiger partial charge >= 0.3 is 0 Å². The molecule has 1 aromatic heterocycles. The number of hydrogen-bond acceptors (Lipinski definition) is 4. The summed E-state index contributed by atoms with van der Waals surface area (Å²) in [5, 5.41) is 18.5. The first-order valence-corrected chi connectivity index (χ1v) is 8.42. The lowest BCUT2D eigenvalue weighted by Gasteiger charge is -2.14. The van der Waals surface area contributed by atoms with Gasteiger partial charge in [-0.1, -0.05) is 23.7 Å². The van der Waals surface area contributed by atoms with Crippen LogP contribution in [0.4, 0.5) is 0 Å². The van der Waals surface area contributed by atoms with Gasteiger partial charge in [0.2, 0.25) is 0 Å². The van der Waals surface area contributed by atoms with E-state index in [0.29, 0.717) is 23.2 Å². The molecule has 0 radical (unpaired) electrons. The molecule has 3 aromatic rings. The molecule has 0 unspecified atom stereocenters. The Balaban J connectivity index is 1.97. The van der Waals surface area contributed by atoms with Crippen molar-refractivity contribution in [1.29, 1.82) is 0 Å². The number of benzene rings is 2. The molecule has 5 nitrogen and oxygen atoms in total. The number of aryl methyl sites for hydroxylation is 2. The molecule has 1 N–H and O–H groups in total. The first-order valence-electron chi connectivity index (χ1n) is 8.05. The van der Waals surface area contributed by atoms with Crippen molar-refractivity contribution in [3.05, 3.63) is 75.3 Å². The van der Waals surface area contributed by atoms with Crippen molar-refractivity contribution in [2.75, 3.05) is 0 Å². The van der Waals surface area contributed by atoms with Crippen LogP contribution in [0.3, 0.4) is 0 Å². The molecular weight excluding hydrogens is 336 g/mol. The molecule has 2 heterocycles. The lowest BCUT2D eigenvalue weighted by Crippen LogP contribution is -2.10. The van der Waals surface area contributed by atoms with Crippen molar-refractivity contribution >= 4 is 17.3 Å². The number of hydrogen-bond donors (Lipinski definition) is 1. The second kappa shape index (κ2) is 6.10. The van der Waals surface area contributed by atoms with Gasteiger partial charge in [0.15, 0.2) is 11.6 Å². The predicted molar refractivity (Wildman–Crippen MR) is 97.6 cm³/mol. The molecule has 0 fully saturated rings. The summed E-state index contributed by atoms with van der Waals surface area (Å²) in [6, 6.07) is 12.0. The van der Waals surface area contributed by atoms with E-state index in [4.69, 9.17) is 16.6 Å². The van der Waals surface area contributed by atoms with Gasteiger partial charge in [0.05, 0.1) is 11.4 Å². The first-order chi connectivity index (χ1) is 12.1. The summed E-state index contributed by atoms with van der Waals surface area (Å²) < 4.78 is 1.86. The molecular formula is C19H17ClN4O. The summed E-state index contributed by atoms with van der Waals surface area (Å²) in [6.45, 7) is 4.39. The van der Waals surface area contributed by atoms with E-state index in [9.17, 15) is 5.11 Å². The molecule has 25 heavy (non-hydrogen) atoms. The molecule has 2 aromatic carbocycles. The summed E-state index contributed by atoms with van der Waals surface area (Å²) in [5.41, 5.74) is 6.14. The van der Waals surface area contributed by atoms with E-state index in [1.165, 1.54) is 11.1 Å². The number of halogens is 1. The Morgan fingerprint density at radius 1 is 1.08 bits per heavy atom. The van der Waals surface area contributed by atoms with Crippen LogP contribution in [0.25, 0.3) is 5.69 Å². The molecule has 1 aliphatic rings. The Morgan fingerprint density at radius 2 is 1.92 bits per heavy atom. The fourth-order valence-electron chi connectivity index (χ4n) is 3.10. The average Bonchev–Trinajstić information content (AvgIpc) is 2.94. The highest BCUT2D eigenvalue weighted by Crippen LogP contribution is 2.28. The summed E-state index contributed by atoms with van der Waals surface area (Å²) in [6.07, 6.45) is 0. The SMILES string of the molecule is Cc1ccc(C2=NCc3nnc(CO)n3-c3ccc(Cl)cc32)cc1C. The highest BCUT2D eigenvalue weighted by Gasteiger charge is 2.23. The van der Waals surface area contributed by atoms with Gasteiger partial charge < -0.3 is 5.11 Å². The van der Waals surface area contributed by atoms with Crippen LogP contribution in [0.15, 0.2) is 41.4 Å². The van der Waals surface area contributed by atoms with Crippen LogP contribution >= 0.6 is 11.6 Å². The number of aliphatic hydroxyl groups excluding tert-OH is 1. The number of aliphatic imine (C=N–C) groups is 1. The monoisotopic (exact) mass is 352 g/mol. The Kier molecular flexibility index (Phi) is 3.90. The van der Waals surface area contributed by atoms with Crippen molar-refractivity contribution in [2.45, 2.75) is 27.0 Å². The minimum Gasteiger partial charge on any atom is -0.388 e. The fraction of sp³-hybridized carbons (Fsp3) is 0.211. The van der Waals surface area contributed by atoms with Gasteiger partial charge in [0, 0.05) is 16.1 Å². The van der Waals surface area contributed by atoms with Gasteiger partial charge in [-0.15, -0.1) is 10.2 Å². The highest BCUT2D eigenvalue weighted by atomic mass is 35.5. The predicted octanol–water partition coefficient (Wildman–Crippen LogP) is 3.38. The maximum Gasteiger partial charge on any atom is 0.163 e. The third-order valence-electron chi connectivity index (χ3n) is 4.55. The van der Waals surface area contributed by atoms with Crippen LogP contribution in [-0.2, 0) is 13.2 Å². The fourth-order valence-corrected chi connectivity index (χ4v) is 3.27. The topological polar surface area (TPSA) is 63.3 Å². The number of rotatable bonds is 2. The summed E-state index contributed by atoms with van der Waals surface area (Å²) in [7, 11) is 0. The third-order valence-corrected chi connectivity index (χ3v) is 4.79. The Hall–Kier alpha value is -2.50. The normalized spacial score (nSPS) is 13.0. The van der Waals surface area contributed by atoms with Gasteiger partial charge in [0.25, 0.3) is 0 Å². The minimum absolute atomic E-state index is 0.186. The minimum atomic E-state index is -0.186. The maximum absolute atomic E-state index is 9.62. The van der Waals surface area contributed by atoms with Gasteiger partial charge in [-0.3, -0.25) is 9.56 Å². The summed E-state index contributed by atoms with van der Waals surface area (Å²) in [4.78, 5) is 4.79. The standard InChI is InChI=1S/C19H17ClN4O/c1-11-3-4-13(7-12(11)2)19-15-8-14(20)5-6-16(15)24-17(9-21-19)22-23-18(24)10-25/h3-8,25H,9-10H2,1-2H3. The summed E-state index contributed by atoms with van der Waals surface area (Å²) in [5.74, 6) is 1.20. The van der Waals surface area contributed by atoms with Crippen LogP contribution in [0.2, 0.25) is 5.02 Å². The van der Waals surface area contributed by atoms with Crippen molar-refractivity contribution in [1.82, 2.24) is 14.8 Å². The first kappa shape index (κ1) is 16.0. The zero-order valence-corrected chi connectivity index (χ0v) is 14.7. The smallest absolute Gasteiger partial charge is 0.163 e. The summed E-state index contributed by atoms with van der Waals surface area (Å²) >= 11 is 6.27. The third kappa shape index (κ3) is 2.65. The van der Waals surface area contributed by atoms with Gasteiger partial charge in [-0.2, -0.15) is 0 Å². The van der Waals surface area contributed by atoms with Gasteiger partial charge in [0.1, 0.15) is 13.2 Å². The second-order valence-corrected chi connectivity index (χ2v) is 6.59. The molecule has 0 aliphatic carbocycles. The van der Waals surface area contributed by atoms with Crippen LogP contribution in [0.1, 0.15) is 33.9 Å². The molecule has 4 rings (SSSR count). The van der Waals surface area contributed by atoms with E-state index in [0.717, 1.165) is 22.5 Å². The molecule has 0 amide bonds. The van der Waals surface area contributed by atoms with Crippen molar-refractivity contribution in [3.63, 3.8) is 0 Å². The zero-order chi connectivity index (χ0) is 17.6. The number of aromatic nitrogens is 3. The van der Waals surface area contributed by atoms with Crippen molar-refractivity contribution < 1.29 is 5.11 Å².